The fourth-order valence-electron chi connectivity index (χ4n) is 17.1. The zero-order valence-electron chi connectivity index (χ0n) is 76.9. The third-order valence-electron chi connectivity index (χ3n) is 26.2. The summed E-state index contributed by atoms with van der Waals surface area (Å²) in [5.41, 5.74) is 5.55. The molecule has 1 atom stereocenters. The maximum atomic E-state index is 14.9. The number of carbonyl (C=O) groups excluding carboxylic acids is 12. The summed E-state index contributed by atoms with van der Waals surface area (Å²) in [7, 11) is 1.26. The quantitative estimate of drug-likeness (QED) is 0.0169. The molecule has 12 aromatic carbocycles. The van der Waals surface area contributed by atoms with E-state index in [0.717, 1.165) is 129 Å². The number of imide groups is 2. The second-order valence-electron chi connectivity index (χ2n) is 35.7. The number of nitrogen functional groups attached to an aromatic ring is 2. The average Bonchev–Trinajstić information content (AvgIpc) is 1.33. The van der Waals surface area contributed by atoms with E-state index in [0.29, 0.717) is 35.5 Å². The first-order chi connectivity index (χ1) is 65.4. The SMILES string of the molecule is CC(C)(c1ccc(N)cc1)c1ccc(N)cc1.CC(c1ccc2c(c1)C(=O)OC2=O)(c1ccc2c(c1)C(=O)OC2=O)C(F)(F)F.CCC(=O)c1ccc(C(c2ccc(C(=O)Cc3ccc(C(C)(C)c4ccc(C)cc4)cc3)cc2)(C(F)(F)F)C(F)(F)F)cc1C(=O)O.Cc1ccc(C(C)(C)c2ccc(N3C(=O)c4ccc(C(C)(c5ccc6c(c5)C(=O)N(C)C6=O)C(F)(F)F)cc4C3=O)cc2)cc1.O=C=O. The lowest BCUT2D eigenvalue weighted by molar-refractivity contribution is -0.288. The molecule has 4 amide bonds. The minimum Gasteiger partial charge on any atom is -0.478 e. The first kappa shape index (κ1) is 103. The van der Waals surface area contributed by atoms with Crippen LogP contribution in [0.1, 0.15) is 266 Å². The second-order valence-corrected chi connectivity index (χ2v) is 35.7. The van der Waals surface area contributed by atoms with Crippen molar-refractivity contribution in [2.24, 2.45) is 0 Å². The topological polar surface area (TPSA) is 319 Å². The van der Waals surface area contributed by atoms with Crippen LogP contribution >= 0.6 is 0 Å². The Hall–Kier alpha value is -15.9. The van der Waals surface area contributed by atoms with Crippen LogP contribution in [0.2, 0.25) is 0 Å². The first-order valence-corrected chi connectivity index (χ1v) is 43.1. The van der Waals surface area contributed by atoms with Crippen molar-refractivity contribution in [3.8, 4) is 0 Å². The van der Waals surface area contributed by atoms with Crippen molar-refractivity contribution in [3.63, 3.8) is 0 Å². The molecule has 16 rings (SSSR count). The highest BCUT2D eigenvalue weighted by Gasteiger charge is 2.73. The predicted molar refractivity (Wildman–Crippen MR) is 492 cm³/mol. The summed E-state index contributed by atoms with van der Waals surface area (Å²) >= 11 is 0. The summed E-state index contributed by atoms with van der Waals surface area (Å²) in [5.74, 6) is -9.72. The standard InChI is InChI=1S/C37H32F6O4.C36H29F3N2O4.C19H9F3O6.C15H18N2.CO2/c1-5-31(44)29-19-18-28(21-30(29)33(46)47)35(36(38,39)40,37(41,42)43)27-16-10-24(11-17-27)32(45)20-23-8-14-26(15-9-23)34(3,4)25-12-6-22(2)7-13-25;1-20-6-8-21(9-7-20)34(2,3)22-10-14-25(15-11-22)41-32(44)27-17-13-24(19-29(27)33(41)45)35(4,36(37,38)39)23-12-16-26-28(18-23)31(43)40(5)30(26)42;1-18(19(20,21)22,8-2-4-10-12(6-8)16(25)27-14(10)23)9-3-5-11-13(7-9)17(26)28-15(11)24;1-15(2,11-3-7-13(16)8-4-11)12-5-9-14(17)10-6-12;2-1-3/h6-19,21H,5,20H2,1-4H3,(H,46,47);6-19H,1-5H3;2-7H,1H3;3-10H,16-17H2,1-2H3;. The molecule has 720 valence electrons. The van der Waals surface area contributed by atoms with Gasteiger partial charge in [-0.1, -0.05) is 229 Å². The third-order valence-corrected chi connectivity index (χ3v) is 26.2. The van der Waals surface area contributed by atoms with Crippen LogP contribution in [0, 0.1) is 13.8 Å². The number of cyclic esters (lactones) is 4. The number of rotatable bonds is 19. The molecule has 1 unspecified atom stereocenters. The van der Waals surface area contributed by atoms with Crippen LogP contribution < -0.4 is 16.4 Å². The Labute approximate surface area is 794 Å². The molecule has 4 aliphatic heterocycles. The number of aromatic carboxylic acids is 1. The summed E-state index contributed by atoms with van der Waals surface area (Å²) in [6.45, 7) is 19.9. The number of halogens is 12. The first-order valence-electron chi connectivity index (χ1n) is 43.1. The molecule has 0 bridgehead atoms. The monoisotopic (exact) mass is 1920 g/mol. The van der Waals surface area contributed by atoms with Gasteiger partial charge in [-0.3, -0.25) is 33.7 Å². The molecule has 0 aromatic heterocycles. The van der Waals surface area contributed by atoms with E-state index < -0.39 is 128 Å². The highest BCUT2D eigenvalue weighted by atomic mass is 19.4. The largest absolute Gasteiger partial charge is 0.478 e. The number of carboxylic acids is 1. The average molecular weight is 1930 g/mol. The smallest absolute Gasteiger partial charge is 0.411 e. The van der Waals surface area contributed by atoms with Gasteiger partial charge < -0.3 is 26.0 Å². The van der Waals surface area contributed by atoms with Gasteiger partial charge in [0.25, 0.3) is 23.6 Å². The van der Waals surface area contributed by atoms with Crippen LogP contribution in [0.15, 0.2) is 261 Å². The third kappa shape index (κ3) is 19.3. The Bertz CT molecular complexity index is 6860. The van der Waals surface area contributed by atoms with Gasteiger partial charge in [0.1, 0.15) is 10.8 Å². The molecule has 4 heterocycles. The number of ether oxygens (including phenoxy) is 2. The zero-order valence-corrected chi connectivity index (χ0v) is 76.9. The molecule has 32 heteroatoms. The van der Waals surface area contributed by atoms with Gasteiger partial charge in [0, 0.05) is 58.6 Å². The lowest BCUT2D eigenvalue weighted by atomic mass is 9.72. The van der Waals surface area contributed by atoms with Crippen LogP contribution in [0.3, 0.4) is 0 Å². The molecule has 4 aliphatic rings. The summed E-state index contributed by atoms with van der Waals surface area (Å²) in [6.07, 6.45) is -21.8. The minimum absolute atomic E-state index is 0.00584. The van der Waals surface area contributed by atoms with Crippen LogP contribution in [0.25, 0.3) is 0 Å². The highest BCUT2D eigenvalue weighted by Crippen LogP contribution is 2.58. The molecule has 0 saturated carbocycles. The number of nitrogens with zero attached hydrogens (tertiary/aromatic N) is 2. The molecular formula is C108H88F12N4O16. The number of hydrogen-bond acceptors (Lipinski definition) is 17. The fourth-order valence-corrected chi connectivity index (χ4v) is 17.1. The normalized spacial score (nSPS) is 14.1. The number of ketones is 2. The van der Waals surface area contributed by atoms with E-state index in [2.05, 4.69) is 87.4 Å². The highest BCUT2D eigenvalue weighted by molar-refractivity contribution is 6.34. The molecule has 5 N–H and O–H groups in total. The Morgan fingerprint density at radius 3 is 0.986 bits per heavy atom. The van der Waals surface area contributed by atoms with Gasteiger partial charge in [-0.15, -0.1) is 0 Å². The zero-order chi connectivity index (χ0) is 103. The Balaban J connectivity index is 0.000000174. The van der Waals surface area contributed by atoms with Crippen molar-refractivity contribution >= 4 is 88.3 Å². The number of benzene rings is 12. The van der Waals surface area contributed by atoms with E-state index in [-0.39, 0.29) is 114 Å². The molecule has 0 radical (unpaired) electrons. The van der Waals surface area contributed by atoms with Crippen LogP contribution in [0.5, 0.6) is 0 Å². The van der Waals surface area contributed by atoms with E-state index in [4.69, 9.17) is 21.1 Å². The predicted octanol–water partition coefficient (Wildman–Crippen LogP) is 22.4. The molecule has 0 aliphatic carbocycles. The summed E-state index contributed by atoms with van der Waals surface area (Å²) in [4.78, 5) is 154. The summed E-state index contributed by atoms with van der Waals surface area (Å²) in [5, 5.41) is 9.56. The van der Waals surface area contributed by atoms with E-state index >= 15 is 0 Å². The number of amides is 4. The molecule has 20 nitrogen and oxygen atoms in total. The van der Waals surface area contributed by atoms with Gasteiger partial charge in [0.15, 0.2) is 11.6 Å². The van der Waals surface area contributed by atoms with Crippen molar-refractivity contribution in [2.75, 3.05) is 23.4 Å². The number of carboxylic acid groups (broad SMARTS) is 1. The Kier molecular flexibility index (Phi) is 28.4. The minimum atomic E-state index is -5.99. The van der Waals surface area contributed by atoms with Crippen molar-refractivity contribution in [3.05, 3.63) is 406 Å². The number of esters is 4. The van der Waals surface area contributed by atoms with Gasteiger partial charge in [-0.05, 0) is 191 Å². The number of hydrogen-bond donors (Lipinski definition) is 3. The lowest BCUT2D eigenvalue weighted by Crippen LogP contribution is -2.54. The van der Waals surface area contributed by atoms with Gasteiger partial charge in [0.05, 0.1) is 55.8 Å². The Morgan fingerprint density at radius 1 is 0.336 bits per heavy atom. The molecule has 0 spiro atoms. The summed E-state index contributed by atoms with van der Waals surface area (Å²) < 4.78 is 184. The molecule has 12 aromatic rings. The maximum absolute atomic E-state index is 14.9. The van der Waals surface area contributed by atoms with Crippen molar-refractivity contribution in [1.29, 1.82) is 0 Å². The Morgan fingerprint density at radius 2 is 0.629 bits per heavy atom. The molecular weight excluding hydrogens is 1840 g/mol. The van der Waals surface area contributed by atoms with Gasteiger partial charge >= 0.3 is 60.7 Å². The van der Waals surface area contributed by atoms with Crippen LogP contribution in [-0.2, 0) is 58.0 Å². The van der Waals surface area contributed by atoms with Gasteiger partial charge in [-0.25, -0.2) is 28.9 Å². The molecule has 0 fully saturated rings. The number of alkyl halides is 12. The number of aryl methyl sites for hydroxylation is 2. The lowest BCUT2D eigenvalue weighted by Gasteiger charge is -2.38. The number of carbonyl (C=O) groups is 11. The van der Waals surface area contributed by atoms with Crippen molar-refractivity contribution in [2.45, 2.75) is 146 Å². The molecule has 0 saturated heterocycles. The van der Waals surface area contributed by atoms with E-state index in [1.807, 2.05) is 98.8 Å². The van der Waals surface area contributed by atoms with Gasteiger partial charge in [-0.2, -0.15) is 62.3 Å². The number of nitrogens with two attached hydrogens (primary N) is 2. The fraction of sp³-hybridized carbons (Fsp3) is 0.222. The van der Waals surface area contributed by atoms with Gasteiger partial charge in [0.2, 0.25) is 5.41 Å². The van der Waals surface area contributed by atoms with Crippen LogP contribution in [0.4, 0.5) is 69.7 Å². The molecule has 140 heavy (non-hydrogen) atoms. The van der Waals surface area contributed by atoms with Crippen molar-refractivity contribution < 1.29 is 130 Å². The number of anilines is 3. The van der Waals surface area contributed by atoms with Crippen molar-refractivity contribution in [1.82, 2.24) is 4.90 Å². The number of fused-ring (bicyclic) bond motifs is 4. The van der Waals surface area contributed by atoms with E-state index in [1.54, 1.807) is 24.3 Å². The maximum Gasteiger partial charge on any atom is 0.411 e. The van der Waals surface area contributed by atoms with Crippen LogP contribution in [-0.4, -0.2) is 113 Å². The van der Waals surface area contributed by atoms with E-state index in [1.165, 1.54) is 49.4 Å². The summed E-state index contributed by atoms with van der Waals surface area (Å²) in [6, 6.07) is 64.1. The van der Waals surface area contributed by atoms with E-state index in [9.17, 15) is 111 Å². The number of Topliss-reactive ketones (excluding diaryl/α,β-unsaturated/α-hetero) is 2. The second kappa shape index (κ2) is 38.6.